The summed E-state index contributed by atoms with van der Waals surface area (Å²) in [5.41, 5.74) is 7.22. The summed E-state index contributed by atoms with van der Waals surface area (Å²) < 4.78 is 3.44. The van der Waals surface area contributed by atoms with Crippen LogP contribution in [0.25, 0.3) is 5.65 Å². The second kappa shape index (κ2) is 2.95. The molecule has 0 radical (unpaired) electrons. The molecule has 0 saturated carbocycles. The maximum Gasteiger partial charge on any atom is 0.162 e. The van der Waals surface area contributed by atoms with E-state index < -0.39 is 0 Å². The van der Waals surface area contributed by atoms with Crippen LogP contribution in [-0.2, 0) is 0 Å². The summed E-state index contributed by atoms with van der Waals surface area (Å²) in [6, 6.07) is 1.83. The molecule has 2 aromatic heterocycles. The van der Waals surface area contributed by atoms with Gasteiger partial charge in [0.25, 0.3) is 0 Å². The number of pyridine rings is 1. The van der Waals surface area contributed by atoms with Crippen LogP contribution < -0.4 is 5.73 Å². The summed E-state index contributed by atoms with van der Waals surface area (Å²) in [7, 11) is 0. The fraction of sp³-hybridized carbons (Fsp3) is 0.143. The van der Waals surface area contributed by atoms with Crippen LogP contribution in [0.4, 0.5) is 5.69 Å². The van der Waals surface area contributed by atoms with Crippen molar-refractivity contribution < 1.29 is 0 Å². The van der Waals surface area contributed by atoms with Gasteiger partial charge in [0, 0.05) is 4.47 Å². The van der Waals surface area contributed by atoms with Gasteiger partial charge in [-0.2, -0.15) is 0 Å². The van der Waals surface area contributed by atoms with E-state index in [1.165, 1.54) is 0 Å². The molecule has 68 valence electrons. The minimum atomic E-state index is 0.649. The molecule has 2 N–H and O–H groups in total. The highest BCUT2D eigenvalue weighted by atomic mass is 79.9. The minimum Gasteiger partial charge on any atom is -0.396 e. The Bertz CT molecular complexity index is 477. The zero-order chi connectivity index (χ0) is 9.59. The van der Waals surface area contributed by atoms with Gasteiger partial charge >= 0.3 is 0 Å². The Labute approximate surface area is 91.4 Å². The highest BCUT2D eigenvalue weighted by molar-refractivity contribution is 9.11. The number of anilines is 1. The van der Waals surface area contributed by atoms with Crippen LogP contribution in [0.1, 0.15) is 5.82 Å². The lowest BCUT2D eigenvalue weighted by molar-refractivity contribution is 0.994. The maximum atomic E-state index is 5.81. The SMILES string of the molecule is Cc1nnc2cc(Br)c(N)c(Br)n12. The second-order valence-electron chi connectivity index (χ2n) is 2.64. The van der Waals surface area contributed by atoms with Crippen LogP contribution in [0.3, 0.4) is 0 Å². The third-order valence-electron chi connectivity index (χ3n) is 1.78. The van der Waals surface area contributed by atoms with Crippen LogP contribution in [0, 0.1) is 6.92 Å². The first-order chi connectivity index (χ1) is 6.11. The molecule has 0 aromatic carbocycles. The van der Waals surface area contributed by atoms with Crippen LogP contribution in [-0.4, -0.2) is 14.6 Å². The number of nitrogens with two attached hydrogens (primary N) is 1. The summed E-state index contributed by atoms with van der Waals surface area (Å²) in [6.07, 6.45) is 0. The highest BCUT2D eigenvalue weighted by Crippen LogP contribution is 2.29. The van der Waals surface area contributed by atoms with Crippen molar-refractivity contribution in [1.82, 2.24) is 14.6 Å². The average molecular weight is 306 g/mol. The molecule has 0 aliphatic rings. The Morgan fingerprint density at radius 1 is 1.38 bits per heavy atom. The molecule has 0 aliphatic heterocycles. The van der Waals surface area contributed by atoms with E-state index in [9.17, 15) is 0 Å². The molecule has 13 heavy (non-hydrogen) atoms. The van der Waals surface area contributed by atoms with E-state index in [-0.39, 0.29) is 0 Å². The molecule has 0 bridgehead atoms. The molecule has 0 atom stereocenters. The zero-order valence-corrected chi connectivity index (χ0v) is 9.92. The van der Waals surface area contributed by atoms with E-state index in [1.54, 1.807) is 0 Å². The second-order valence-corrected chi connectivity index (χ2v) is 4.24. The Hall–Kier alpha value is -0.620. The number of aryl methyl sites for hydroxylation is 1. The third kappa shape index (κ3) is 1.24. The van der Waals surface area contributed by atoms with E-state index in [0.29, 0.717) is 5.69 Å². The van der Waals surface area contributed by atoms with E-state index in [0.717, 1.165) is 20.5 Å². The van der Waals surface area contributed by atoms with Gasteiger partial charge in [-0.1, -0.05) is 0 Å². The average Bonchev–Trinajstić information content (AvgIpc) is 2.43. The predicted molar refractivity (Wildman–Crippen MR) is 57.5 cm³/mol. The molecule has 2 rings (SSSR count). The molecular weight excluding hydrogens is 300 g/mol. The van der Waals surface area contributed by atoms with Gasteiger partial charge in [0.15, 0.2) is 5.65 Å². The molecule has 0 saturated heterocycles. The van der Waals surface area contributed by atoms with Gasteiger partial charge < -0.3 is 5.73 Å². The number of hydrogen-bond acceptors (Lipinski definition) is 3. The van der Waals surface area contributed by atoms with Gasteiger partial charge in [-0.25, -0.2) is 0 Å². The van der Waals surface area contributed by atoms with Gasteiger partial charge in [-0.05, 0) is 44.8 Å². The Morgan fingerprint density at radius 2 is 2.08 bits per heavy atom. The number of fused-ring (bicyclic) bond motifs is 1. The smallest absolute Gasteiger partial charge is 0.162 e. The Morgan fingerprint density at radius 3 is 2.77 bits per heavy atom. The summed E-state index contributed by atoms with van der Waals surface area (Å²) in [5, 5.41) is 7.92. The monoisotopic (exact) mass is 304 g/mol. The molecule has 0 spiro atoms. The van der Waals surface area contributed by atoms with Gasteiger partial charge in [-0.3, -0.25) is 4.40 Å². The summed E-state index contributed by atoms with van der Waals surface area (Å²) >= 11 is 6.73. The van der Waals surface area contributed by atoms with Gasteiger partial charge in [0.2, 0.25) is 0 Å². The largest absolute Gasteiger partial charge is 0.396 e. The molecule has 0 aliphatic carbocycles. The van der Waals surface area contributed by atoms with Crippen molar-refractivity contribution in [2.75, 3.05) is 5.73 Å². The predicted octanol–water partition coefficient (Wildman–Crippen LogP) is 2.14. The van der Waals surface area contributed by atoms with Gasteiger partial charge in [0.05, 0.1) is 5.69 Å². The number of halogens is 2. The first-order valence-electron chi connectivity index (χ1n) is 3.56. The minimum absolute atomic E-state index is 0.649. The fourth-order valence-electron chi connectivity index (χ4n) is 1.12. The molecule has 0 amide bonds. The van der Waals surface area contributed by atoms with Crippen molar-refractivity contribution in [2.24, 2.45) is 0 Å². The molecule has 2 aromatic rings. The van der Waals surface area contributed by atoms with E-state index in [4.69, 9.17) is 5.73 Å². The zero-order valence-electron chi connectivity index (χ0n) is 6.75. The van der Waals surface area contributed by atoms with Crippen LogP contribution >= 0.6 is 31.9 Å². The normalized spacial score (nSPS) is 11.0. The van der Waals surface area contributed by atoms with Crippen molar-refractivity contribution in [2.45, 2.75) is 6.92 Å². The highest BCUT2D eigenvalue weighted by Gasteiger charge is 2.10. The van der Waals surface area contributed by atoms with Crippen molar-refractivity contribution in [3.05, 3.63) is 21.0 Å². The maximum absolute atomic E-state index is 5.81. The van der Waals surface area contributed by atoms with Gasteiger partial charge in [-0.15, -0.1) is 10.2 Å². The molecule has 4 nitrogen and oxygen atoms in total. The third-order valence-corrected chi connectivity index (χ3v) is 3.22. The number of rotatable bonds is 0. The van der Waals surface area contributed by atoms with Crippen molar-refractivity contribution in [1.29, 1.82) is 0 Å². The van der Waals surface area contributed by atoms with E-state index in [1.807, 2.05) is 17.4 Å². The first-order valence-corrected chi connectivity index (χ1v) is 5.15. The van der Waals surface area contributed by atoms with Crippen molar-refractivity contribution in [3.63, 3.8) is 0 Å². The summed E-state index contributed by atoms with van der Waals surface area (Å²) in [5.74, 6) is 0.807. The van der Waals surface area contributed by atoms with E-state index in [2.05, 4.69) is 42.1 Å². The Kier molecular flexibility index (Phi) is 2.03. The number of hydrogen-bond donors (Lipinski definition) is 1. The van der Waals surface area contributed by atoms with Crippen LogP contribution in [0.15, 0.2) is 15.1 Å². The lowest BCUT2D eigenvalue weighted by atomic mass is 10.4. The van der Waals surface area contributed by atoms with Gasteiger partial charge in [0.1, 0.15) is 10.4 Å². The fourth-order valence-corrected chi connectivity index (χ4v) is 2.44. The first kappa shape index (κ1) is 8.96. The summed E-state index contributed by atoms with van der Waals surface area (Å²) in [6.45, 7) is 1.87. The van der Waals surface area contributed by atoms with Crippen LogP contribution in [0.2, 0.25) is 0 Å². The number of aromatic nitrogens is 3. The molecule has 0 fully saturated rings. The summed E-state index contributed by atoms with van der Waals surface area (Å²) in [4.78, 5) is 0. The molecule has 6 heteroatoms. The molecule has 0 unspecified atom stereocenters. The lowest BCUT2D eigenvalue weighted by Crippen LogP contribution is -1.97. The standard InChI is InChI=1S/C7H6Br2N4/c1-3-11-12-5-2-4(8)6(10)7(9)13(3)5/h2H,10H2,1H3. The lowest BCUT2D eigenvalue weighted by Gasteiger charge is -2.04. The van der Waals surface area contributed by atoms with Crippen molar-refractivity contribution in [3.8, 4) is 0 Å². The Balaban J connectivity index is 2.97. The van der Waals surface area contributed by atoms with E-state index >= 15 is 0 Å². The topological polar surface area (TPSA) is 56.2 Å². The molecular formula is C7H6Br2N4. The van der Waals surface area contributed by atoms with Crippen molar-refractivity contribution >= 4 is 43.2 Å². The molecule has 2 heterocycles. The van der Waals surface area contributed by atoms with Crippen LogP contribution in [0.5, 0.6) is 0 Å². The quantitative estimate of drug-likeness (QED) is 0.759. The number of nitrogen functional groups attached to an aromatic ring is 1. The number of nitrogens with zero attached hydrogens (tertiary/aromatic N) is 3.